The number of carbonyl (C=O) groups is 2. The average Bonchev–Trinajstić information content (AvgIpc) is 3.40. The lowest BCUT2D eigenvalue weighted by Crippen LogP contribution is -2.27. The van der Waals surface area contributed by atoms with E-state index in [2.05, 4.69) is 15.3 Å². The van der Waals surface area contributed by atoms with Crippen LogP contribution in [-0.4, -0.2) is 40.5 Å². The van der Waals surface area contributed by atoms with E-state index in [-0.39, 0.29) is 18.1 Å². The lowest BCUT2D eigenvalue weighted by atomic mass is 10.1. The highest BCUT2D eigenvalue weighted by Gasteiger charge is 2.18. The van der Waals surface area contributed by atoms with E-state index in [0.29, 0.717) is 17.0 Å². The first-order valence-electron chi connectivity index (χ1n) is 12.0. The van der Waals surface area contributed by atoms with Gasteiger partial charge in [0.15, 0.2) is 17.2 Å². The van der Waals surface area contributed by atoms with Gasteiger partial charge in [-0.25, -0.2) is 19.2 Å². The van der Waals surface area contributed by atoms with E-state index in [4.69, 9.17) is 9.47 Å². The summed E-state index contributed by atoms with van der Waals surface area (Å²) in [4.78, 5) is 35.4. The van der Waals surface area contributed by atoms with E-state index in [1.165, 1.54) is 36.4 Å². The highest BCUT2D eigenvalue weighted by atomic mass is 19.1. The second kappa shape index (κ2) is 11.0. The number of ether oxygens (including phenoxy) is 2. The molecule has 2 amide bonds. The number of anilines is 2. The van der Waals surface area contributed by atoms with Crippen LogP contribution in [0.1, 0.15) is 16.1 Å². The van der Waals surface area contributed by atoms with Gasteiger partial charge < -0.3 is 14.4 Å². The van der Waals surface area contributed by atoms with Crippen LogP contribution in [0, 0.1) is 5.82 Å². The van der Waals surface area contributed by atoms with Gasteiger partial charge in [-0.15, -0.1) is 0 Å². The zero-order valence-electron chi connectivity index (χ0n) is 21.2. The monoisotopic (exact) mass is 525 g/mol. The van der Waals surface area contributed by atoms with E-state index < -0.39 is 17.8 Å². The molecule has 0 aliphatic heterocycles. The lowest BCUT2D eigenvalue weighted by molar-refractivity contribution is 0.0987. The van der Waals surface area contributed by atoms with Crippen molar-refractivity contribution in [3.63, 3.8) is 0 Å². The van der Waals surface area contributed by atoms with Crippen molar-refractivity contribution in [2.24, 2.45) is 0 Å². The molecule has 0 bridgehead atoms. The number of hydrogen-bond acceptors (Lipinski definition) is 6. The summed E-state index contributed by atoms with van der Waals surface area (Å²) >= 11 is 0. The van der Waals surface area contributed by atoms with Gasteiger partial charge >= 0.3 is 6.09 Å². The Balaban J connectivity index is 1.31. The normalized spacial score (nSPS) is 10.7. The molecule has 1 N–H and O–H groups in total. The number of nitrogens with one attached hydrogen (secondary N) is 1. The molecule has 5 rings (SSSR count). The number of carbonyl (C=O) groups excluding carboxylic acids is 2. The van der Waals surface area contributed by atoms with E-state index in [9.17, 15) is 14.0 Å². The first kappa shape index (κ1) is 25.4. The number of amides is 2. The highest BCUT2D eigenvalue weighted by Crippen LogP contribution is 2.26. The first-order valence-corrected chi connectivity index (χ1v) is 12.0. The van der Waals surface area contributed by atoms with E-state index in [1.54, 1.807) is 36.0 Å². The largest absolute Gasteiger partial charge is 0.494 e. The fraction of sp³-hybridized carbons (Fsp3) is 0.103. The van der Waals surface area contributed by atoms with Crippen LogP contribution in [0.4, 0.5) is 20.6 Å². The van der Waals surface area contributed by atoms with Crippen LogP contribution in [-0.2, 0) is 11.3 Å². The Morgan fingerprint density at radius 1 is 1.00 bits per heavy atom. The number of fused-ring (bicyclic) bond motifs is 1. The van der Waals surface area contributed by atoms with Gasteiger partial charge in [-0.2, -0.15) is 0 Å². The van der Waals surface area contributed by atoms with Crippen molar-refractivity contribution in [3.8, 4) is 17.0 Å². The predicted molar refractivity (Wildman–Crippen MR) is 144 cm³/mol. The van der Waals surface area contributed by atoms with Crippen LogP contribution in [0.15, 0.2) is 91.4 Å². The molecule has 0 aliphatic carbocycles. The average molecular weight is 526 g/mol. The Bertz CT molecular complexity index is 1640. The zero-order valence-corrected chi connectivity index (χ0v) is 21.2. The Morgan fingerprint density at radius 3 is 2.51 bits per heavy atom. The van der Waals surface area contributed by atoms with Gasteiger partial charge in [-0.05, 0) is 29.8 Å². The van der Waals surface area contributed by atoms with Crippen LogP contribution in [0.3, 0.4) is 0 Å². The Labute approximate surface area is 223 Å². The summed E-state index contributed by atoms with van der Waals surface area (Å²) in [6.07, 6.45) is 4.23. The lowest BCUT2D eigenvalue weighted by Gasteiger charge is -2.18. The van der Waals surface area contributed by atoms with Gasteiger partial charge in [0.05, 0.1) is 25.2 Å². The van der Waals surface area contributed by atoms with Crippen LogP contribution < -0.4 is 15.0 Å². The molecule has 2 heterocycles. The van der Waals surface area contributed by atoms with Crippen molar-refractivity contribution in [3.05, 3.63) is 108 Å². The van der Waals surface area contributed by atoms with Crippen molar-refractivity contribution >= 4 is 29.0 Å². The molecule has 2 aromatic heterocycles. The van der Waals surface area contributed by atoms with Crippen molar-refractivity contribution in [1.29, 1.82) is 0 Å². The van der Waals surface area contributed by atoms with E-state index >= 15 is 0 Å². The number of imidazole rings is 1. The van der Waals surface area contributed by atoms with Gasteiger partial charge in [0.1, 0.15) is 12.3 Å². The molecule has 10 heteroatoms. The topological polar surface area (TPSA) is 98.1 Å². The maximum absolute atomic E-state index is 13.8. The summed E-state index contributed by atoms with van der Waals surface area (Å²) in [5.74, 6) is -0.872. The molecule has 196 valence electrons. The fourth-order valence-corrected chi connectivity index (χ4v) is 3.96. The van der Waals surface area contributed by atoms with Gasteiger partial charge in [0.2, 0.25) is 0 Å². The molecular weight excluding hydrogens is 501 g/mol. The molecule has 0 aliphatic rings. The van der Waals surface area contributed by atoms with Crippen LogP contribution in [0.2, 0.25) is 0 Å². The highest BCUT2D eigenvalue weighted by molar-refractivity contribution is 6.04. The van der Waals surface area contributed by atoms with Crippen LogP contribution in [0.25, 0.3) is 16.9 Å². The SMILES string of the molecule is COc1cc(N(C)C(=O)c2cn3c(-c4ccc(NC(=O)OCc5ccccc5)cc4)cnc3cn2)ccc1F. The van der Waals surface area contributed by atoms with Crippen molar-refractivity contribution in [1.82, 2.24) is 14.4 Å². The second-order valence-corrected chi connectivity index (χ2v) is 8.59. The Kier molecular flexibility index (Phi) is 7.17. The molecule has 0 unspecified atom stereocenters. The van der Waals surface area contributed by atoms with Gasteiger partial charge in [-0.3, -0.25) is 14.5 Å². The molecule has 0 fully saturated rings. The predicted octanol–water partition coefficient (Wildman–Crippen LogP) is 5.57. The number of aromatic nitrogens is 3. The summed E-state index contributed by atoms with van der Waals surface area (Å²) in [5.41, 5.74) is 4.19. The third kappa shape index (κ3) is 5.54. The molecule has 0 spiro atoms. The second-order valence-electron chi connectivity index (χ2n) is 8.59. The van der Waals surface area contributed by atoms with Crippen molar-refractivity contribution < 1.29 is 23.5 Å². The molecule has 0 atom stereocenters. The van der Waals surface area contributed by atoms with Crippen LogP contribution >= 0.6 is 0 Å². The molecular formula is C29H24FN5O4. The van der Waals surface area contributed by atoms with Gasteiger partial charge in [-0.1, -0.05) is 42.5 Å². The minimum Gasteiger partial charge on any atom is -0.494 e. The molecule has 39 heavy (non-hydrogen) atoms. The third-order valence-corrected chi connectivity index (χ3v) is 6.08. The maximum Gasteiger partial charge on any atom is 0.411 e. The first-order chi connectivity index (χ1) is 18.9. The van der Waals surface area contributed by atoms with Gasteiger partial charge in [0.25, 0.3) is 5.91 Å². The number of halogens is 1. The summed E-state index contributed by atoms with van der Waals surface area (Å²) in [7, 11) is 2.94. The molecule has 0 saturated carbocycles. The Morgan fingerprint density at radius 2 is 1.77 bits per heavy atom. The third-order valence-electron chi connectivity index (χ3n) is 6.08. The number of methoxy groups -OCH3 is 1. The number of rotatable bonds is 7. The Hall–Kier alpha value is -5.25. The molecule has 9 nitrogen and oxygen atoms in total. The van der Waals surface area contributed by atoms with Crippen LogP contribution in [0.5, 0.6) is 5.75 Å². The minimum absolute atomic E-state index is 0.0369. The molecule has 5 aromatic rings. The maximum atomic E-state index is 13.8. The summed E-state index contributed by atoms with van der Waals surface area (Å²) in [6.45, 7) is 0.172. The summed E-state index contributed by atoms with van der Waals surface area (Å²) < 4.78 is 25.9. The minimum atomic E-state index is -0.557. The number of hydrogen-bond donors (Lipinski definition) is 1. The van der Waals surface area contributed by atoms with E-state index in [1.807, 2.05) is 42.5 Å². The fourth-order valence-electron chi connectivity index (χ4n) is 3.96. The van der Waals surface area contributed by atoms with E-state index in [0.717, 1.165) is 16.8 Å². The number of benzene rings is 3. The molecule has 0 saturated heterocycles. The van der Waals surface area contributed by atoms with Crippen molar-refractivity contribution in [2.45, 2.75) is 6.61 Å². The molecule has 0 radical (unpaired) electrons. The summed E-state index contributed by atoms with van der Waals surface area (Å²) in [5, 5.41) is 2.71. The quantitative estimate of drug-likeness (QED) is 0.298. The standard InChI is InChI=1S/C29H24FN5O4/c1-34(22-12-13-23(30)26(14-22)38-2)28(36)24-17-35-25(15-32-27(35)16-31-24)20-8-10-21(11-9-20)33-29(37)39-18-19-6-4-3-5-7-19/h3-17H,18H2,1-2H3,(H,33,37). The smallest absolute Gasteiger partial charge is 0.411 e. The summed E-state index contributed by atoms with van der Waals surface area (Å²) in [6, 6.07) is 20.8. The zero-order chi connectivity index (χ0) is 27.4. The number of nitrogens with zero attached hydrogens (tertiary/aromatic N) is 4. The molecule has 3 aromatic carbocycles. The van der Waals surface area contributed by atoms with Gasteiger partial charge in [0, 0.05) is 36.2 Å². The van der Waals surface area contributed by atoms with Crippen molar-refractivity contribution in [2.75, 3.05) is 24.4 Å².